The van der Waals surface area contributed by atoms with Gasteiger partial charge >= 0.3 is 0 Å². The number of sulfonamides is 1. The Kier molecular flexibility index (Phi) is 6.68. The lowest BCUT2D eigenvalue weighted by atomic mass is 9.75. The number of rotatable bonds is 4. The minimum atomic E-state index is -3.61. The molecule has 1 amide bonds. The average Bonchev–Trinajstić information content (AvgIpc) is 3.08. The number of hydrogen-bond acceptors (Lipinski definition) is 4. The van der Waals surface area contributed by atoms with Crippen LogP contribution in [0.5, 0.6) is 5.75 Å². The summed E-state index contributed by atoms with van der Waals surface area (Å²) in [6.07, 6.45) is 9.97. The predicted octanol–water partition coefficient (Wildman–Crippen LogP) is 3.91. The molecule has 1 aliphatic carbocycles. The van der Waals surface area contributed by atoms with Crippen molar-refractivity contribution >= 4 is 15.9 Å². The first-order chi connectivity index (χ1) is 14.5. The lowest BCUT2D eigenvalue weighted by Crippen LogP contribution is -2.44. The maximum absolute atomic E-state index is 13.4. The summed E-state index contributed by atoms with van der Waals surface area (Å²) in [7, 11) is -2.08. The molecule has 2 atom stereocenters. The van der Waals surface area contributed by atoms with Gasteiger partial charge in [-0.25, -0.2) is 8.42 Å². The number of likely N-dealkylation sites (tertiary alicyclic amines) is 1. The SMILES string of the molecule is COc1ccc(S(=O)(=O)N2CCCCCC2)cc1C(=O)N1CC[C@@H]2CCCC[C@@H]2C1. The van der Waals surface area contributed by atoms with Gasteiger partial charge < -0.3 is 9.64 Å². The molecule has 4 rings (SSSR count). The highest BCUT2D eigenvalue weighted by molar-refractivity contribution is 7.89. The van der Waals surface area contributed by atoms with Gasteiger partial charge in [-0.05, 0) is 55.7 Å². The summed E-state index contributed by atoms with van der Waals surface area (Å²) in [4.78, 5) is 15.5. The standard InChI is InChI=1S/C23H34N2O4S/c1-29-22-11-10-20(30(27,28)25-13-6-2-3-7-14-25)16-21(22)23(26)24-15-12-18-8-4-5-9-19(18)17-24/h10-11,16,18-19H,2-9,12-15,17H2,1H3/t18-,19+/m0/s1. The molecule has 0 spiro atoms. The fourth-order valence-corrected chi connectivity index (χ4v) is 6.95. The van der Waals surface area contributed by atoms with Crippen LogP contribution < -0.4 is 4.74 Å². The van der Waals surface area contributed by atoms with Crippen molar-refractivity contribution in [2.24, 2.45) is 11.8 Å². The summed E-state index contributed by atoms with van der Waals surface area (Å²) in [5.41, 5.74) is 0.364. The van der Waals surface area contributed by atoms with Gasteiger partial charge in [0, 0.05) is 26.2 Å². The highest BCUT2D eigenvalue weighted by Crippen LogP contribution is 2.37. The fraction of sp³-hybridized carbons (Fsp3) is 0.696. The van der Waals surface area contributed by atoms with Crippen LogP contribution in [0.15, 0.2) is 23.1 Å². The number of piperidine rings is 1. The van der Waals surface area contributed by atoms with E-state index in [1.165, 1.54) is 38.9 Å². The van der Waals surface area contributed by atoms with Crippen molar-refractivity contribution in [3.8, 4) is 5.75 Å². The largest absolute Gasteiger partial charge is 0.496 e. The van der Waals surface area contributed by atoms with Gasteiger partial charge in [0.15, 0.2) is 0 Å². The number of nitrogens with zero attached hydrogens (tertiary/aromatic N) is 2. The molecule has 1 saturated carbocycles. The van der Waals surface area contributed by atoms with E-state index in [1.807, 2.05) is 4.90 Å². The zero-order valence-corrected chi connectivity index (χ0v) is 18.8. The first-order valence-electron chi connectivity index (χ1n) is 11.5. The molecule has 2 heterocycles. The first kappa shape index (κ1) is 21.6. The van der Waals surface area contributed by atoms with Crippen molar-refractivity contribution in [2.45, 2.75) is 62.7 Å². The van der Waals surface area contributed by atoms with Crippen molar-refractivity contribution in [1.29, 1.82) is 0 Å². The van der Waals surface area contributed by atoms with Crippen LogP contribution in [0.1, 0.15) is 68.1 Å². The van der Waals surface area contributed by atoms with Crippen molar-refractivity contribution in [3.63, 3.8) is 0 Å². The second-order valence-corrected chi connectivity index (χ2v) is 11.0. The zero-order valence-electron chi connectivity index (χ0n) is 18.0. The van der Waals surface area contributed by atoms with Gasteiger partial charge in [-0.1, -0.05) is 32.1 Å². The van der Waals surface area contributed by atoms with Crippen LogP contribution in [0, 0.1) is 11.8 Å². The Balaban J connectivity index is 1.58. The fourth-order valence-electron chi connectivity index (χ4n) is 5.40. The molecule has 1 aromatic carbocycles. The van der Waals surface area contributed by atoms with E-state index >= 15 is 0 Å². The van der Waals surface area contributed by atoms with Crippen LogP contribution in [0.3, 0.4) is 0 Å². The van der Waals surface area contributed by atoms with Gasteiger partial charge in [-0.3, -0.25) is 4.79 Å². The van der Waals surface area contributed by atoms with Crippen LogP contribution in [-0.4, -0.2) is 56.8 Å². The van der Waals surface area contributed by atoms with Crippen LogP contribution in [-0.2, 0) is 10.0 Å². The predicted molar refractivity (Wildman–Crippen MR) is 116 cm³/mol. The first-order valence-corrected chi connectivity index (χ1v) is 12.9. The molecule has 0 bridgehead atoms. The van der Waals surface area contributed by atoms with E-state index in [0.717, 1.165) is 51.1 Å². The van der Waals surface area contributed by atoms with Crippen LogP contribution in [0.2, 0.25) is 0 Å². The van der Waals surface area contributed by atoms with Crippen molar-refractivity contribution in [2.75, 3.05) is 33.3 Å². The van der Waals surface area contributed by atoms with E-state index in [4.69, 9.17) is 4.74 Å². The highest BCUT2D eigenvalue weighted by atomic mass is 32.2. The molecule has 0 unspecified atom stereocenters. The Morgan fingerprint density at radius 3 is 2.33 bits per heavy atom. The van der Waals surface area contributed by atoms with E-state index in [-0.39, 0.29) is 10.8 Å². The molecule has 2 saturated heterocycles. The maximum atomic E-state index is 13.4. The van der Waals surface area contributed by atoms with Gasteiger partial charge in [-0.15, -0.1) is 0 Å². The van der Waals surface area contributed by atoms with E-state index in [0.29, 0.717) is 30.3 Å². The number of methoxy groups -OCH3 is 1. The lowest BCUT2D eigenvalue weighted by Gasteiger charge is -2.41. The van der Waals surface area contributed by atoms with Gasteiger partial charge in [0.05, 0.1) is 17.6 Å². The lowest BCUT2D eigenvalue weighted by molar-refractivity contribution is 0.0518. The Labute approximate surface area is 180 Å². The molecule has 6 nitrogen and oxygen atoms in total. The highest BCUT2D eigenvalue weighted by Gasteiger charge is 2.34. The Bertz CT molecular complexity index is 862. The maximum Gasteiger partial charge on any atom is 0.257 e. The number of carbonyl (C=O) groups excluding carboxylic acids is 1. The Morgan fingerprint density at radius 1 is 0.933 bits per heavy atom. The summed E-state index contributed by atoms with van der Waals surface area (Å²) in [6, 6.07) is 4.74. The Morgan fingerprint density at radius 2 is 1.63 bits per heavy atom. The minimum absolute atomic E-state index is 0.108. The summed E-state index contributed by atoms with van der Waals surface area (Å²) >= 11 is 0. The summed E-state index contributed by atoms with van der Waals surface area (Å²) in [6.45, 7) is 2.61. The van der Waals surface area contributed by atoms with E-state index in [1.54, 1.807) is 16.4 Å². The number of hydrogen-bond donors (Lipinski definition) is 0. The number of benzene rings is 1. The van der Waals surface area contributed by atoms with Gasteiger partial charge in [-0.2, -0.15) is 4.31 Å². The molecule has 3 aliphatic rings. The van der Waals surface area contributed by atoms with Crippen molar-refractivity contribution in [3.05, 3.63) is 23.8 Å². The number of carbonyl (C=O) groups is 1. The molecule has 7 heteroatoms. The molecule has 166 valence electrons. The van der Waals surface area contributed by atoms with Crippen LogP contribution >= 0.6 is 0 Å². The normalized spacial score (nSPS) is 26.0. The smallest absolute Gasteiger partial charge is 0.257 e. The van der Waals surface area contributed by atoms with E-state index < -0.39 is 10.0 Å². The molecule has 0 aromatic heterocycles. The van der Waals surface area contributed by atoms with Crippen LogP contribution in [0.4, 0.5) is 0 Å². The van der Waals surface area contributed by atoms with Gasteiger partial charge in [0.25, 0.3) is 5.91 Å². The third kappa shape index (κ3) is 4.37. The monoisotopic (exact) mass is 434 g/mol. The number of fused-ring (bicyclic) bond motifs is 1. The summed E-state index contributed by atoms with van der Waals surface area (Å²) in [5.74, 6) is 1.65. The minimum Gasteiger partial charge on any atom is -0.496 e. The molecular weight excluding hydrogens is 400 g/mol. The molecule has 0 radical (unpaired) electrons. The number of amides is 1. The van der Waals surface area contributed by atoms with Crippen molar-refractivity contribution < 1.29 is 17.9 Å². The molecule has 3 fully saturated rings. The molecular formula is C23H34N2O4S. The second-order valence-electron chi connectivity index (χ2n) is 9.02. The third-order valence-corrected chi connectivity index (χ3v) is 9.08. The molecule has 1 aromatic rings. The quantitative estimate of drug-likeness (QED) is 0.721. The second kappa shape index (κ2) is 9.27. The molecule has 30 heavy (non-hydrogen) atoms. The Hall–Kier alpha value is -1.60. The van der Waals surface area contributed by atoms with Gasteiger partial charge in [0.2, 0.25) is 10.0 Å². The van der Waals surface area contributed by atoms with E-state index in [2.05, 4.69) is 0 Å². The topological polar surface area (TPSA) is 66.9 Å². The van der Waals surface area contributed by atoms with E-state index in [9.17, 15) is 13.2 Å². The van der Waals surface area contributed by atoms with Crippen LogP contribution in [0.25, 0.3) is 0 Å². The number of ether oxygens (including phenoxy) is 1. The zero-order chi connectivity index (χ0) is 21.1. The average molecular weight is 435 g/mol. The molecule has 0 N–H and O–H groups in total. The molecule has 2 aliphatic heterocycles. The summed E-state index contributed by atoms with van der Waals surface area (Å²) in [5, 5.41) is 0. The third-order valence-electron chi connectivity index (χ3n) is 7.18. The van der Waals surface area contributed by atoms with Crippen molar-refractivity contribution in [1.82, 2.24) is 9.21 Å². The van der Waals surface area contributed by atoms with Gasteiger partial charge in [0.1, 0.15) is 5.75 Å². The summed E-state index contributed by atoms with van der Waals surface area (Å²) < 4.78 is 33.5.